The van der Waals surface area contributed by atoms with Crippen LogP contribution in [0.4, 0.5) is 0 Å². The predicted molar refractivity (Wildman–Crippen MR) is 61.3 cm³/mol. The van der Waals surface area contributed by atoms with Gasteiger partial charge in [0, 0.05) is 11.7 Å². The lowest BCUT2D eigenvalue weighted by molar-refractivity contribution is -0.121. The fourth-order valence-electron chi connectivity index (χ4n) is 1.60. The minimum atomic E-state index is -0.404. The first-order chi connectivity index (χ1) is 8.11. The van der Waals surface area contributed by atoms with Gasteiger partial charge >= 0.3 is 0 Å². The summed E-state index contributed by atoms with van der Waals surface area (Å²) in [6.45, 7) is 1.73. The summed E-state index contributed by atoms with van der Waals surface area (Å²) >= 11 is 0. The standard InChI is InChI=1S/C12H13N3O2/c1-8-2-3-9(6-13)12(17)15(8)7-11(16)14-10-4-5-10/h2-3,10H,4-5,7H2,1H3,(H,14,16). The monoisotopic (exact) mass is 231 g/mol. The highest BCUT2D eigenvalue weighted by atomic mass is 16.2. The third-order valence-electron chi connectivity index (χ3n) is 2.76. The summed E-state index contributed by atoms with van der Waals surface area (Å²) in [4.78, 5) is 23.4. The molecule has 0 bridgehead atoms. The van der Waals surface area contributed by atoms with Crippen molar-refractivity contribution in [3.8, 4) is 6.07 Å². The number of rotatable bonds is 3. The number of nitriles is 1. The molecule has 1 aliphatic carbocycles. The highest BCUT2D eigenvalue weighted by Crippen LogP contribution is 2.18. The summed E-state index contributed by atoms with van der Waals surface area (Å²) in [5.74, 6) is -0.173. The zero-order valence-corrected chi connectivity index (χ0v) is 9.56. The molecule has 0 saturated heterocycles. The van der Waals surface area contributed by atoms with E-state index in [1.165, 1.54) is 10.6 Å². The summed E-state index contributed by atoms with van der Waals surface area (Å²) in [6, 6.07) is 5.25. The van der Waals surface area contributed by atoms with Crippen LogP contribution in [0.15, 0.2) is 16.9 Å². The van der Waals surface area contributed by atoms with Crippen molar-refractivity contribution in [2.24, 2.45) is 0 Å². The van der Waals surface area contributed by atoms with Crippen LogP contribution in [-0.4, -0.2) is 16.5 Å². The quantitative estimate of drug-likeness (QED) is 0.813. The van der Waals surface area contributed by atoms with Gasteiger partial charge in [-0.1, -0.05) is 0 Å². The van der Waals surface area contributed by atoms with Crippen molar-refractivity contribution < 1.29 is 4.79 Å². The Bertz CT molecular complexity index is 550. The summed E-state index contributed by atoms with van der Waals surface area (Å²) in [6.07, 6.45) is 2.02. The van der Waals surface area contributed by atoms with E-state index in [0.717, 1.165) is 12.8 Å². The zero-order chi connectivity index (χ0) is 12.4. The Morgan fingerprint density at radius 1 is 1.59 bits per heavy atom. The molecule has 0 spiro atoms. The Balaban J connectivity index is 2.22. The molecule has 1 fully saturated rings. The third-order valence-corrected chi connectivity index (χ3v) is 2.76. The molecule has 0 aliphatic heterocycles. The zero-order valence-electron chi connectivity index (χ0n) is 9.56. The van der Waals surface area contributed by atoms with Gasteiger partial charge in [-0.25, -0.2) is 0 Å². The molecule has 0 atom stereocenters. The smallest absolute Gasteiger partial charge is 0.269 e. The van der Waals surface area contributed by atoms with Gasteiger partial charge in [0.15, 0.2) is 0 Å². The Kier molecular flexibility index (Phi) is 2.96. The van der Waals surface area contributed by atoms with Crippen LogP contribution in [-0.2, 0) is 11.3 Å². The lowest BCUT2D eigenvalue weighted by Crippen LogP contribution is -2.35. The van der Waals surface area contributed by atoms with Gasteiger partial charge in [0.1, 0.15) is 18.2 Å². The number of pyridine rings is 1. The summed E-state index contributed by atoms with van der Waals surface area (Å²) in [7, 11) is 0. The average molecular weight is 231 g/mol. The molecular weight excluding hydrogens is 218 g/mol. The molecule has 1 aliphatic rings. The van der Waals surface area contributed by atoms with Gasteiger partial charge in [-0.3, -0.25) is 9.59 Å². The molecule has 0 unspecified atom stereocenters. The molecule has 2 rings (SSSR count). The summed E-state index contributed by atoms with van der Waals surface area (Å²) in [5.41, 5.74) is 0.341. The maximum absolute atomic E-state index is 11.8. The van der Waals surface area contributed by atoms with Crippen molar-refractivity contribution in [2.45, 2.75) is 32.4 Å². The first-order valence-corrected chi connectivity index (χ1v) is 5.51. The highest BCUT2D eigenvalue weighted by Gasteiger charge is 2.23. The number of aromatic nitrogens is 1. The molecule has 1 saturated carbocycles. The number of nitrogens with one attached hydrogen (secondary N) is 1. The van der Waals surface area contributed by atoms with E-state index >= 15 is 0 Å². The van der Waals surface area contributed by atoms with Crippen molar-refractivity contribution >= 4 is 5.91 Å². The Hall–Kier alpha value is -2.09. The summed E-state index contributed by atoms with van der Waals surface area (Å²) < 4.78 is 1.33. The van der Waals surface area contributed by atoms with Crippen molar-refractivity contribution in [3.05, 3.63) is 33.7 Å². The van der Waals surface area contributed by atoms with Gasteiger partial charge in [-0.2, -0.15) is 5.26 Å². The van der Waals surface area contributed by atoms with E-state index in [1.807, 2.05) is 6.07 Å². The fourth-order valence-corrected chi connectivity index (χ4v) is 1.60. The Morgan fingerprint density at radius 2 is 2.29 bits per heavy atom. The topological polar surface area (TPSA) is 74.9 Å². The van der Waals surface area contributed by atoms with Crippen LogP contribution in [0.25, 0.3) is 0 Å². The van der Waals surface area contributed by atoms with E-state index in [1.54, 1.807) is 13.0 Å². The number of nitrogens with zero attached hydrogens (tertiary/aromatic N) is 2. The van der Waals surface area contributed by atoms with E-state index in [0.29, 0.717) is 5.69 Å². The van der Waals surface area contributed by atoms with Crippen LogP contribution in [0, 0.1) is 18.3 Å². The lowest BCUT2D eigenvalue weighted by atomic mass is 10.2. The molecule has 1 heterocycles. The van der Waals surface area contributed by atoms with Gasteiger partial charge < -0.3 is 9.88 Å². The molecule has 1 amide bonds. The average Bonchev–Trinajstić information content (AvgIpc) is 3.08. The maximum Gasteiger partial charge on any atom is 0.269 e. The molecule has 88 valence electrons. The van der Waals surface area contributed by atoms with Crippen LogP contribution < -0.4 is 10.9 Å². The fraction of sp³-hybridized carbons (Fsp3) is 0.417. The third kappa shape index (κ3) is 2.53. The normalized spacial score (nSPS) is 14.1. The number of aryl methyl sites for hydroxylation is 1. The SMILES string of the molecule is Cc1ccc(C#N)c(=O)n1CC(=O)NC1CC1. The lowest BCUT2D eigenvalue weighted by Gasteiger charge is -2.09. The van der Waals surface area contributed by atoms with Gasteiger partial charge in [0.2, 0.25) is 5.91 Å². The highest BCUT2D eigenvalue weighted by molar-refractivity contribution is 5.76. The van der Waals surface area contributed by atoms with Gasteiger partial charge in [-0.15, -0.1) is 0 Å². The van der Waals surface area contributed by atoms with E-state index in [-0.39, 0.29) is 24.1 Å². The molecule has 17 heavy (non-hydrogen) atoms. The van der Waals surface area contributed by atoms with E-state index in [4.69, 9.17) is 5.26 Å². The molecule has 1 N–H and O–H groups in total. The van der Waals surface area contributed by atoms with Gasteiger partial charge in [0.05, 0.1) is 0 Å². The largest absolute Gasteiger partial charge is 0.352 e. The number of hydrogen-bond donors (Lipinski definition) is 1. The molecule has 5 nitrogen and oxygen atoms in total. The molecule has 1 aromatic rings. The van der Waals surface area contributed by atoms with Crippen molar-refractivity contribution in [1.29, 1.82) is 5.26 Å². The van der Waals surface area contributed by atoms with Crippen LogP contribution >= 0.6 is 0 Å². The van der Waals surface area contributed by atoms with E-state index in [9.17, 15) is 9.59 Å². The predicted octanol–water partition coefficient (Wildman–Crippen LogP) is 0.307. The van der Waals surface area contributed by atoms with E-state index in [2.05, 4.69) is 5.32 Å². The number of amides is 1. The van der Waals surface area contributed by atoms with Crippen molar-refractivity contribution in [1.82, 2.24) is 9.88 Å². The minimum Gasteiger partial charge on any atom is -0.352 e. The van der Waals surface area contributed by atoms with Crippen LogP contribution in [0.3, 0.4) is 0 Å². The van der Waals surface area contributed by atoms with Gasteiger partial charge in [-0.05, 0) is 31.9 Å². The second kappa shape index (κ2) is 4.42. The first-order valence-electron chi connectivity index (χ1n) is 5.51. The van der Waals surface area contributed by atoms with Crippen LogP contribution in [0.5, 0.6) is 0 Å². The second-order valence-electron chi connectivity index (χ2n) is 4.23. The Labute approximate surface area is 98.7 Å². The minimum absolute atomic E-state index is 0.0172. The first kappa shape index (κ1) is 11.4. The van der Waals surface area contributed by atoms with Crippen molar-refractivity contribution in [3.63, 3.8) is 0 Å². The van der Waals surface area contributed by atoms with Crippen molar-refractivity contribution in [2.75, 3.05) is 0 Å². The van der Waals surface area contributed by atoms with Crippen LogP contribution in [0.1, 0.15) is 24.1 Å². The summed E-state index contributed by atoms with van der Waals surface area (Å²) in [5, 5.41) is 11.6. The molecular formula is C12H13N3O2. The Morgan fingerprint density at radius 3 is 2.88 bits per heavy atom. The second-order valence-corrected chi connectivity index (χ2v) is 4.23. The molecule has 0 radical (unpaired) electrons. The maximum atomic E-state index is 11.8. The number of carbonyl (C=O) groups excluding carboxylic acids is 1. The number of hydrogen-bond acceptors (Lipinski definition) is 3. The molecule has 1 aromatic heterocycles. The van der Waals surface area contributed by atoms with E-state index < -0.39 is 5.56 Å². The molecule has 5 heteroatoms. The molecule has 0 aromatic carbocycles. The van der Waals surface area contributed by atoms with Gasteiger partial charge in [0.25, 0.3) is 5.56 Å². The number of carbonyl (C=O) groups is 1. The van der Waals surface area contributed by atoms with Crippen LogP contribution in [0.2, 0.25) is 0 Å².